The maximum absolute atomic E-state index is 12.9. The van der Waals surface area contributed by atoms with Crippen LogP contribution in [0.3, 0.4) is 0 Å². The molecule has 1 unspecified atom stereocenters. The lowest BCUT2D eigenvalue weighted by Crippen LogP contribution is -2.25. The maximum Gasteiger partial charge on any atom is 0.282 e. The molecule has 0 saturated carbocycles. The Bertz CT molecular complexity index is 862. The average molecular weight is 312 g/mol. The Morgan fingerprint density at radius 2 is 1.41 bits per heavy atom. The van der Waals surface area contributed by atoms with E-state index in [4.69, 9.17) is 0 Å². The standard InChI is InChI=1S/C16H12N2O3S/c1-2-22(21,12-8-4-3-5-9-12)17-18-15(19)13-10-6-7-11-14(13)16(18)20/h2-11H,1H2. The highest BCUT2D eigenvalue weighted by Crippen LogP contribution is 2.25. The summed E-state index contributed by atoms with van der Waals surface area (Å²) in [5, 5.41) is 1.83. The van der Waals surface area contributed by atoms with E-state index in [9.17, 15) is 13.8 Å². The van der Waals surface area contributed by atoms with Crippen LogP contribution < -0.4 is 0 Å². The molecule has 2 amide bonds. The molecule has 3 rings (SSSR count). The third kappa shape index (κ3) is 2.14. The van der Waals surface area contributed by atoms with E-state index in [1.807, 2.05) is 0 Å². The van der Waals surface area contributed by atoms with Gasteiger partial charge in [-0.1, -0.05) is 36.9 Å². The third-order valence-electron chi connectivity index (χ3n) is 3.28. The van der Waals surface area contributed by atoms with Gasteiger partial charge in [0.1, 0.15) is 9.73 Å². The predicted molar refractivity (Wildman–Crippen MR) is 82.4 cm³/mol. The van der Waals surface area contributed by atoms with Gasteiger partial charge in [0.05, 0.1) is 16.0 Å². The van der Waals surface area contributed by atoms with E-state index in [1.54, 1.807) is 54.6 Å². The molecule has 0 fully saturated rings. The van der Waals surface area contributed by atoms with Crippen molar-refractivity contribution in [3.63, 3.8) is 0 Å². The van der Waals surface area contributed by atoms with E-state index < -0.39 is 21.5 Å². The second kappa shape index (κ2) is 5.23. The van der Waals surface area contributed by atoms with E-state index in [2.05, 4.69) is 11.1 Å². The second-order valence-electron chi connectivity index (χ2n) is 4.60. The zero-order chi connectivity index (χ0) is 15.7. The van der Waals surface area contributed by atoms with Gasteiger partial charge in [-0.15, -0.1) is 9.48 Å². The number of hydrogen-bond donors (Lipinski definition) is 0. The number of carbonyl (C=O) groups excluding carboxylic acids is 2. The molecule has 2 aromatic rings. The number of imide groups is 1. The first-order valence-corrected chi connectivity index (χ1v) is 8.07. The van der Waals surface area contributed by atoms with Crippen LogP contribution in [0.4, 0.5) is 0 Å². The van der Waals surface area contributed by atoms with Gasteiger partial charge in [-0.25, -0.2) is 4.21 Å². The van der Waals surface area contributed by atoms with Gasteiger partial charge in [-0.05, 0) is 24.3 Å². The molecule has 0 spiro atoms. The number of hydrogen-bond acceptors (Lipinski definition) is 4. The summed E-state index contributed by atoms with van der Waals surface area (Å²) < 4.78 is 16.8. The molecule has 22 heavy (non-hydrogen) atoms. The predicted octanol–water partition coefficient (Wildman–Crippen LogP) is 2.87. The van der Waals surface area contributed by atoms with Crippen molar-refractivity contribution in [1.82, 2.24) is 5.01 Å². The number of amides is 2. The van der Waals surface area contributed by atoms with Gasteiger partial charge >= 0.3 is 0 Å². The fourth-order valence-electron chi connectivity index (χ4n) is 2.16. The largest absolute Gasteiger partial charge is 0.282 e. The zero-order valence-electron chi connectivity index (χ0n) is 11.5. The van der Waals surface area contributed by atoms with Gasteiger partial charge in [-0.2, -0.15) is 0 Å². The summed E-state index contributed by atoms with van der Waals surface area (Å²) in [5.74, 6) is -1.16. The number of benzene rings is 2. The van der Waals surface area contributed by atoms with Crippen LogP contribution in [-0.2, 0) is 9.73 Å². The molecule has 1 aliphatic rings. The quantitative estimate of drug-likeness (QED) is 0.818. The molecule has 6 heteroatoms. The Morgan fingerprint density at radius 3 is 1.91 bits per heavy atom. The highest BCUT2D eigenvalue weighted by molar-refractivity contribution is 7.96. The second-order valence-corrected chi connectivity index (χ2v) is 6.70. The van der Waals surface area contributed by atoms with Crippen LogP contribution in [0.5, 0.6) is 0 Å². The Kier molecular flexibility index (Phi) is 3.38. The van der Waals surface area contributed by atoms with Gasteiger partial charge in [0, 0.05) is 5.41 Å². The van der Waals surface area contributed by atoms with E-state index in [1.165, 1.54) is 0 Å². The van der Waals surface area contributed by atoms with Crippen LogP contribution in [0.15, 0.2) is 76.0 Å². The number of fused-ring (bicyclic) bond motifs is 1. The van der Waals surface area contributed by atoms with E-state index in [0.29, 0.717) is 9.90 Å². The highest BCUT2D eigenvalue weighted by Gasteiger charge is 2.36. The molecule has 0 aromatic heterocycles. The highest BCUT2D eigenvalue weighted by atomic mass is 32.2. The van der Waals surface area contributed by atoms with Gasteiger partial charge < -0.3 is 0 Å². The molecule has 1 heterocycles. The molecule has 1 aliphatic heterocycles. The lowest BCUT2D eigenvalue weighted by molar-refractivity contribution is 0.0661. The Balaban J connectivity index is 2.13. The lowest BCUT2D eigenvalue weighted by Gasteiger charge is -2.10. The first-order valence-electron chi connectivity index (χ1n) is 6.49. The molecule has 110 valence electrons. The van der Waals surface area contributed by atoms with E-state index >= 15 is 0 Å². The first kappa shape index (κ1) is 14.2. The monoisotopic (exact) mass is 312 g/mol. The molecule has 2 aromatic carbocycles. The van der Waals surface area contributed by atoms with E-state index in [-0.39, 0.29) is 11.1 Å². The minimum absolute atomic E-state index is 0.259. The number of rotatable bonds is 3. The number of nitrogens with zero attached hydrogens (tertiary/aromatic N) is 2. The van der Waals surface area contributed by atoms with Crippen LogP contribution in [0.1, 0.15) is 20.7 Å². The van der Waals surface area contributed by atoms with Crippen molar-refractivity contribution in [2.45, 2.75) is 4.90 Å². The molecule has 0 saturated heterocycles. The molecule has 1 atom stereocenters. The molecule has 0 bridgehead atoms. The summed E-state index contributed by atoms with van der Waals surface area (Å²) >= 11 is 0. The minimum Gasteiger partial charge on any atom is -0.267 e. The minimum atomic E-state index is -3.10. The summed E-state index contributed by atoms with van der Waals surface area (Å²) in [7, 11) is -3.10. The smallest absolute Gasteiger partial charge is 0.267 e. The van der Waals surface area contributed by atoms with Crippen molar-refractivity contribution in [2.75, 3.05) is 0 Å². The lowest BCUT2D eigenvalue weighted by atomic mass is 10.1. The van der Waals surface area contributed by atoms with Gasteiger partial charge in [0.2, 0.25) is 0 Å². The van der Waals surface area contributed by atoms with Gasteiger partial charge in [-0.3, -0.25) is 9.59 Å². The molecule has 5 nitrogen and oxygen atoms in total. The van der Waals surface area contributed by atoms with Crippen molar-refractivity contribution in [2.24, 2.45) is 4.47 Å². The maximum atomic E-state index is 12.9. The fraction of sp³-hybridized carbons (Fsp3) is 0. The van der Waals surface area contributed by atoms with Crippen molar-refractivity contribution < 1.29 is 13.8 Å². The molecular formula is C16H12N2O3S. The van der Waals surface area contributed by atoms with Crippen LogP contribution in [0.25, 0.3) is 0 Å². The van der Waals surface area contributed by atoms with Gasteiger partial charge in [0.25, 0.3) is 11.8 Å². The third-order valence-corrected chi connectivity index (χ3v) is 5.09. The van der Waals surface area contributed by atoms with Crippen LogP contribution in [-0.4, -0.2) is 21.0 Å². The zero-order valence-corrected chi connectivity index (χ0v) is 12.3. The first-order chi connectivity index (χ1) is 10.6. The molecular weight excluding hydrogens is 300 g/mol. The normalized spacial score (nSPS) is 16.1. The topological polar surface area (TPSA) is 66.8 Å². The molecule has 0 aliphatic carbocycles. The summed E-state index contributed by atoms with van der Waals surface area (Å²) in [6.45, 7) is 3.53. The Labute approximate surface area is 128 Å². The average Bonchev–Trinajstić information content (AvgIpc) is 2.81. The fourth-order valence-corrected chi connectivity index (χ4v) is 3.46. The van der Waals surface area contributed by atoms with Crippen LogP contribution >= 0.6 is 0 Å². The van der Waals surface area contributed by atoms with Crippen LogP contribution in [0, 0.1) is 0 Å². The van der Waals surface area contributed by atoms with Crippen molar-refractivity contribution in [3.8, 4) is 0 Å². The Morgan fingerprint density at radius 1 is 0.909 bits per heavy atom. The SMILES string of the molecule is C=CS(=O)(=NN1C(=O)c2ccccc2C1=O)c1ccccc1. The summed E-state index contributed by atoms with van der Waals surface area (Å²) in [4.78, 5) is 25.0. The summed E-state index contributed by atoms with van der Waals surface area (Å²) in [6, 6.07) is 14.8. The van der Waals surface area contributed by atoms with Crippen LogP contribution in [0.2, 0.25) is 0 Å². The van der Waals surface area contributed by atoms with Gasteiger partial charge in [0.15, 0.2) is 0 Å². The molecule has 0 N–H and O–H groups in total. The molecule has 0 radical (unpaired) electrons. The summed E-state index contributed by atoms with van der Waals surface area (Å²) in [5.41, 5.74) is 0.519. The van der Waals surface area contributed by atoms with Crippen molar-refractivity contribution in [1.29, 1.82) is 0 Å². The van der Waals surface area contributed by atoms with E-state index in [0.717, 1.165) is 5.41 Å². The summed E-state index contributed by atoms with van der Waals surface area (Å²) in [6.07, 6.45) is 0. The van der Waals surface area contributed by atoms with Crippen molar-refractivity contribution >= 4 is 21.5 Å². The van der Waals surface area contributed by atoms with Crippen molar-refractivity contribution in [3.05, 3.63) is 77.7 Å². The Hall–Kier alpha value is -2.73. The number of carbonyl (C=O) groups is 2.